The van der Waals surface area contributed by atoms with Crippen molar-refractivity contribution in [1.82, 2.24) is 20.9 Å². The predicted molar refractivity (Wildman–Crippen MR) is 138 cm³/mol. The largest absolute Gasteiger partial charge is 0.480 e. The van der Waals surface area contributed by atoms with Gasteiger partial charge in [0, 0.05) is 23.5 Å². The van der Waals surface area contributed by atoms with Gasteiger partial charge in [-0.15, -0.1) is 0 Å². The third-order valence-corrected chi connectivity index (χ3v) is 5.87. The number of nitrogens with two attached hydrogens (primary N) is 2. The van der Waals surface area contributed by atoms with Gasteiger partial charge in [0.05, 0.1) is 18.6 Å². The van der Waals surface area contributed by atoms with E-state index >= 15 is 0 Å². The molecule has 1 aromatic carbocycles. The number of amides is 4. The molecule has 13 nitrogen and oxygen atoms in total. The molecule has 0 saturated heterocycles. The highest BCUT2D eigenvalue weighted by Crippen LogP contribution is 2.19. The summed E-state index contributed by atoms with van der Waals surface area (Å²) in [6.07, 6.45) is -0.0574. The molecule has 0 spiro atoms. The summed E-state index contributed by atoms with van der Waals surface area (Å²) in [5.74, 6) is -4.64. The van der Waals surface area contributed by atoms with E-state index in [0.717, 1.165) is 10.9 Å². The van der Waals surface area contributed by atoms with Crippen molar-refractivity contribution >= 4 is 40.5 Å². The average Bonchev–Trinajstić information content (AvgIpc) is 3.23. The van der Waals surface area contributed by atoms with Crippen LogP contribution in [0, 0.1) is 5.92 Å². The Kier molecular flexibility index (Phi) is 10.8. The first-order chi connectivity index (χ1) is 17.8. The second-order valence-corrected chi connectivity index (χ2v) is 9.66. The maximum absolute atomic E-state index is 13.3. The van der Waals surface area contributed by atoms with Crippen LogP contribution >= 0.6 is 0 Å². The van der Waals surface area contributed by atoms with Gasteiger partial charge in [0.25, 0.3) is 0 Å². The van der Waals surface area contributed by atoms with Gasteiger partial charge in [-0.1, -0.05) is 32.0 Å². The molecule has 0 saturated carbocycles. The first kappa shape index (κ1) is 30.3. The van der Waals surface area contributed by atoms with E-state index in [9.17, 15) is 34.2 Å². The van der Waals surface area contributed by atoms with Gasteiger partial charge in [-0.05, 0) is 30.9 Å². The molecule has 5 unspecified atom stereocenters. The molecule has 0 aliphatic heterocycles. The fourth-order valence-corrected chi connectivity index (χ4v) is 3.93. The normalized spacial score (nSPS) is 15.2. The molecule has 0 fully saturated rings. The van der Waals surface area contributed by atoms with Crippen molar-refractivity contribution in [3.05, 3.63) is 36.0 Å². The monoisotopic (exact) mass is 532 g/mol. The molecule has 0 aliphatic carbocycles. The molecular weight excluding hydrogens is 496 g/mol. The Bertz CT molecular complexity index is 1160. The first-order valence-corrected chi connectivity index (χ1v) is 12.2. The van der Waals surface area contributed by atoms with Crippen LogP contribution in [0.25, 0.3) is 10.9 Å². The van der Waals surface area contributed by atoms with Gasteiger partial charge >= 0.3 is 5.97 Å². The van der Waals surface area contributed by atoms with E-state index in [-0.39, 0.29) is 18.8 Å². The van der Waals surface area contributed by atoms with Crippen LogP contribution in [0.2, 0.25) is 0 Å². The quantitative estimate of drug-likeness (QED) is 0.148. The molecule has 0 aliphatic rings. The van der Waals surface area contributed by atoms with E-state index in [0.29, 0.717) is 5.56 Å². The van der Waals surface area contributed by atoms with Crippen molar-refractivity contribution < 1.29 is 34.2 Å². The van der Waals surface area contributed by atoms with Crippen LogP contribution in [0.15, 0.2) is 30.5 Å². The molecule has 208 valence electrons. The van der Waals surface area contributed by atoms with E-state index in [1.807, 2.05) is 18.2 Å². The van der Waals surface area contributed by atoms with Gasteiger partial charge in [-0.2, -0.15) is 0 Å². The number of para-hydroxylation sites is 1. The number of aromatic nitrogens is 1. The summed E-state index contributed by atoms with van der Waals surface area (Å²) >= 11 is 0. The molecule has 2 aromatic rings. The number of H-pyrrole nitrogens is 1. The number of fused-ring (bicyclic) bond motifs is 1. The number of hydrogen-bond acceptors (Lipinski definition) is 7. The Morgan fingerprint density at radius 1 is 0.947 bits per heavy atom. The number of hydrogen-bond donors (Lipinski definition) is 8. The van der Waals surface area contributed by atoms with Crippen LogP contribution < -0.4 is 27.4 Å². The smallest absolute Gasteiger partial charge is 0.326 e. The zero-order chi connectivity index (χ0) is 28.6. The Morgan fingerprint density at radius 2 is 1.58 bits per heavy atom. The number of carboxylic acid groups (broad SMARTS) is 1. The SMILES string of the molecule is CC(C)CC(NC(=O)C(NC(=O)C(Cc1c[nH]c2ccccc12)NC(=O)C(N)CC(N)=O)C(C)O)C(=O)O. The topological polar surface area (TPSA) is 230 Å². The fraction of sp³-hybridized carbons (Fsp3) is 0.480. The molecule has 13 heteroatoms. The summed E-state index contributed by atoms with van der Waals surface area (Å²) in [5, 5.41) is 27.7. The maximum atomic E-state index is 13.3. The van der Waals surface area contributed by atoms with Crippen molar-refractivity contribution in [1.29, 1.82) is 0 Å². The van der Waals surface area contributed by atoms with Gasteiger partial charge in [0.1, 0.15) is 18.1 Å². The number of carbonyl (C=O) groups excluding carboxylic acids is 4. The highest BCUT2D eigenvalue weighted by atomic mass is 16.4. The summed E-state index contributed by atoms with van der Waals surface area (Å²) in [6.45, 7) is 4.84. The van der Waals surface area contributed by atoms with Gasteiger partial charge in [0.2, 0.25) is 23.6 Å². The Balaban J connectivity index is 2.29. The fourth-order valence-electron chi connectivity index (χ4n) is 3.93. The minimum Gasteiger partial charge on any atom is -0.480 e. The Labute approximate surface area is 219 Å². The standard InChI is InChI=1S/C25H36N6O7/c1-12(2)8-19(25(37)38)30-24(36)21(13(3)32)31-23(35)18(29-22(34)16(26)10-20(27)33)9-14-11-28-17-7-5-4-6-15(14)17/h4-7,11-13,16,18-19,21,28,32H,8-10,26H2,1-3H3,(H2,27,33)(H,29,34)(H,30,36)(H,31,35)(H,37,38). The molecule has 1 heterocycles. The molecule has 2 rings (SSSR count). The lowest BCUT2D eigenvalue weighted by atomic mass is 10.0. The summed E-state index contributed by atoms with van der Waals surface area (Å²) < 4.78 is 0. The predicted octanol–water partition coefficient (Wildman–Crippen LogP) is -1.12. The minimum atomic E-state index is -1.52. The van der Waals surface area contributed by atoms with Crippen LogP contribution in [-0.4, -0.2) is 75.1 Å². The van der Waals surface area contributed by atoms with Crippen molar-refractivity contribution in [2.75, 3.05) is 0 Å². The maximum Gasteiger partial charge on any atom is 0.326 e. The zero-order valence-electron chi connectivity index (χ0n) is 21.6. The summed E-state index contributed by atoms with van der Waals surface area (Å²) in [5.41, 5.74) is 12.3. The second-order valence-electron chi connectivity index (χ2n) is 9.66. The van der Waals surface area contributed by atoms with E-state index in [4.69, 9.17) is 11.5 Å². The third-order valence-electron chi connectivity index (χ3n) is 5.87. The number of aromatic amines is 1. The summed E-state index contributed by atoms with van der Waals surface area (Å²) in [6, 6.07) is 1.97. The molecule has 10 N–H and O–H groups in total. The lowest BCUT2D eigenvalue weighted by molar-refractivity contribution is -0.143. The molecule has 4 amide bonds. The number of primary amides is 1. The summed E-state index contributed by atoms with van der Waals surface area (Å²) in [4.78, 5) is 64.7. The number of carboxylic acids is 1. The van der Waals surface area contributed by atoms with Gasteiger partial charge < -0.3 is 42.6 Å². The van der Waals surface area contributed by atoms with Crippen molar-refractivity contribution in [2.45, 2.75) is 70.3 Å². The zero-order valence-corrected chi connectivity index (χ0v) is 21.6. The summed E-state index contributed by atoms with van der Waals surface area (Å²) in [7, 11) is 0. The van der Waals surface area contributed by atoms with Crippen molar-refractivity contribution in [3.63, 3.8) is 0 Å². The van der Waals surface area contributed by atoms with Crippen LogP contribution in [-0.2, 0) is 30.4 Å². The molecular formula is C25H36N6O7. The lowest BCUT2D eigenvalue weighted by Gasteiger charge is -2.27. The van der Waals surface area contributed by atoms with Gasteiger partial charge in [0.15, 0.2) is 0 Å². The van der Waals surface area contributed by atoms with Crippen molar-refractivity contribution in [2.24, 2.45) is 17.4 Å². The first-order valence-electron chi connectivity index (χ1n) is 12.2. The third kappa shape index (κ3) is 8.56. The molecule has 5 atom stereocenters. The van der Waals surface area contributed by atoms with Gasteiger partial charge in [-0.25, -0.2) is 4.79 Å². The second kappa shape index (κ2) is 13.5. The number of aliphatic hydroxyl groups excluding tert-OH is 1. The minimum absolute atomic E-state index is 0.0237. The number of rotatable bonds is 14. The highest BCUT2D eigenvalue weighted by molar-refractivity contribution is 5.96. The van der Waals surface area contributed by atoms with E-state index in [2.05, 4.69) is 20.9 Å². The number of carbonyl (C=O) groups is 5. The number of nitrogens with one attached hydrogen (secondary N) is 4. The van der Waals surface area contributed by atoms with Gasteiger partial charge in [-0.3, -0.25) is 19.2 Å². The Hall–Kier alpha value is -3.97. The highest BCUT2D eigenvalue weighted by Gasteiger charge is 2.33. The molecule has 0 radical (unpaired) electrons. The number of aliphatic carboxylic acids is 1. The van der Waals surface area contributed by atoms with Crippen molar-refractivity contribution in [3.8, 4) is 0 Å². The van der Waals surface area contributed by atoms with E-state index in [1.54, 1.807) is 26.1 Å². The van der Waals surface area contributed by atoms with E-state index in [1.165, 1.54) is 6.92 Å². The molecule has 0 bridgehead atoms. The van der Waals surface area contributed by atoms with E-state index < -0.39 is 66.3 Å². The van der Waals surface area contributed by atoms with Crippen LogP contribution in [0.3, 0.4) is 0 Å². The number of benzene rings is 1. The molecule has 38 heavy (non-hydrogen) atoms. The average molecular weight is 533 g/mol. The van der Waals surface area contributed by atoms with Crippen LogP contribution in [0.4, 0.5) is 0 Å². The Morgan fingerprint density at radius 3 is 2.16 bits per heavy atom. The van der Waals surface area contributed by atoms with Crippen LogP contribution in [0.5, 0.6) is 0 Å². The number of aliphatic hydroxyl groups is 1. The lowest BCUT2D eigenvalue weighted by Crippen LogP contribution is -2.60. The molecule has 1 aromatic heterocycles. The van der Waals surface area contributed by atoms with Crippen LogP contribution in [0.1, 0.15) is 39.2 Å².